The number of ether oxygens (including phenoxy) is 1. The highest BCUT2D eigenvalue weighted by atomic mass is 16.5. The van der Waals surface area contributed by atoms with Crippen molar-refractivity contribution in [2.75, 3.05) is 31.6 Å². The fraction of sp³-hybridized carbons (Fsp3) is 0.368. The number of benzene rings is 1. The zero-order valence-corrected chi connectivity index (χ0v) is 14.9. The number of amides is 1. The van der Waals surface area contributed by atoms with Crippen LogP contribution in [0.25, 0.3) is 0 Å². The molecule has 1 amide bonds. The number of rotatable bonds is 8. The normalized spacial score (nSPS) is 10.7. The van der Waals surface area contributed by atoms with Gasteiger partial charge in [0.2, 0.25) is 0 Å². The largest absolute Gasteiger partial charge is 0.461 e. The lowest BCUT2D eigenvalue weighted by Crippen LogP contribution is -2.27. The van der Waals surface area contributed by atoms with Crippen molar-refractivity contribution < 1.29 is 18.7 Å². The Hall–Kier alpha value is -2.60. The van der Waals surface area contributed by atoms with E-state index in [2.05, 4.69) is 24.1 Å². The molecule has 0 saturated heterocycles. The van der Waals surface area contributed by atoms with Crippen molar-refractivity contribution in [3.05, 3.63) is 53.5 Å². The predicted molar refractivity (Wildman–Crippen MR) is 95.9 cm³/mol. The van der Waals surface area contributed by atoms with Crippen LogP contribution in [0.1, 0.15) is 40.5 Å². The standard InChI is InChI=1S/C19H24N2O4/c1-4-21(5-2)12-13-24-19(23)15-7-9-16(10-8-15)20-18(22)17-11-6-14(3)25-17/h6-11H,4-5,12-13H2,1-3H3,(H,20,22). The van der Waals surface area contributed by atoms with E-state index in [1.165, 1.54) is 0 Å². The first-order valence-electron chi connectivity index (χ1n) is 8.40. The molecule has 1 aromatic carbocycles. The molecular weight excluding hydrogens is 320 g/mol. The molecule has 0 saturated carbocycles. The second-order valence-electron chi connectivity index (χ2n) is 5.60. The number of esters is 1. The molecule has 2 aromatic rings. The Bertz CT molecular complexity index is 702. The molecule has 0 aliphatic carbocycles. The molecule has 0 atom stereocenters. The van der Waals surface area contributed by atoms with Crippen LogP contribution in [0.2, 0.25) is 0 Å². The van der Waals surface area contributed by atoms with E-state index in [9.17, 15) is 9.59 Å². The van der Waals surface area contributed by atoms with Crippen LogP contribution in [0.4, 0.5) is 5.69 Å². The van der Waals surface area contributed by atoms with Crippen LogP contribution >= 0.6 is 0 Å². The Labute approximate surface area is 147 Å². The molecule has 1 aromatic heterocycles. The zero-order chi connectivity index (χ0) is 18.2. The third kappa shape index (κ3) is 5.46. The van der Waals surface area contributed by atoms with Crippen molar-refractivity contribution in [1.29, 1.82) is 0 Å². The molecule has 1 heterocycles. The number of hydrogen-bond acceptors (Lipinski definition) is 5. The van der Waals surface area contributed by atoms with Crippen LogP contribution in [0.5, 0.6) is 0 Å². The molecule has 2 rings (SSSR count). The van der Waals surface area contributed by atoms with Gasteiger partial charge in [0, 0.05) is 12.2 Å². The third-order valence-corrected chi connectivity index (χ3v) is 3.88. The average molecular weight is 344 g/mol. The Balaban J connectivity index is 1.86. The molecule has 0 fully saturated rings. The van der Waals surface area contributed by atoms with Gasteiger partial charge in [-0.1, -0.05) is 13.8 Å². The lowest BCUT2D eigenvalue weighted by Gasteiger charge is -2.17. The highest BCUT2D eigenvalue weighted by Crippen LogP contribution is 2.13. The predicted octanol–water partition coefficient (Wildman–Crippen LogP) is 3.34. The van der Waals surface area contributed by atoms with E-state index in [4.69, 9.17) is 9.15 Å². The number of nitrogens with zero attached hydrogens (tertiary/aromatic N) is 1. The van der Waals surface area contributed by atoms with Gasteiger partial charge in [0.05, 0.1) is 5.56 Å². The minimum absolute atomic E-state index is 0.248. The second-order valence-corrected chi connectivity index (χ2v) is 5.60. The fourth-order valence-electron chi connectivity index (χ4n) is 2.33. The van der Waals surface area contributed by atoms with Gasteiger partial charge in [-0.2, -0.15) is 0 Å². The van der Waals surface area contributed by atoms with E-state index >= 15 is 0 Å². The van der Waals surface area contributed by atoms with Crippen molar-refractivity contribution in [2.24, 2.45) is 0 Å². The van der Waals surface area contributed by atoms with Crippen molar-refractivity contribution in [2.45, 2.75) is 20.8 Å². The molecule has 0 bridgehead atoms. The second kappa shape index (κ2) is 9.03. The van der Waals surface area contributed by atoms with Gasteiger partial charge in [-0.25, -0.2) is 4.79 Å². The van der Waals surface area contributed by atoms with Crippen LogP contribution in [0.3, 0.4) is 0 Å². The quantitative estimate of drug-likeness (QED) is 0.744. The molecule has 0 unspecified atom stereocenters. The molecular formula is C19H24N2O4. The number of aryl methyl sites for hydroxylation is 1. The SMILES string of the molecule is CCN(CC)CCOC(=O)c1ccc(NC(=O)c2ccc(C)o2)cc1. The summed E-state index contributed by atoms with van der Waals surface area (Å²) < 4.78 is 10.5. The monoisotopic (exact) mass is 344 g/mol. The number of carbonyl (C=O) groups is 2. The van der Waals surface area contributed by atoms with Crippen molar-refractivity contribution in [1.82, 2.24) is 4.90 Å². The summed E-state index contributed by atoms with van der Waals surface area (Å²) in [6, 6.07) is 9.92. The maximum Gasteiger partial charge on any atom is 0.338 e. The summed E-state index contributed by atoms with van der Waals surface area (Å²) in [4.78, 5) is 26.2. The van der Waals surface area contributed by atoms with Crippen LogP contribution in [0, 0.1) is 6.92 Å². The maximum atomic E-state index is 12.0. The highest BCUT2D eigenvalue weighted by molar-refractivity contribution is 6.02. The third-order valence-electron chi connectivity index (χ3n) is 3.88. The molecule has 0 aliphatic rings. The van der Waals surface area contributed by atoms with Gasteiger partial charge in [0.15, 0.2) is 5.76 Å². The van der Waals surface area contributed by atoms with Gasteiger partial charge in [-0.15, -0.1) is 0 Å². The molecule has 1 N–H and O–H groups in total. The van der Waals surface area contributed by atoms with Crippen LogP contribution in [0.15, 0.2) is 40.8 Å². The molecule has 6 nitrogen and oxygen atoms in total. The van der Waals surface area contributed by atoms with E-state index in [0.29, 0.717) is 23.6 Å². The number of carbonyl (C=O) groups excluding carboxylic acids is 2. The summed E-state index contributed by atoms with van der Waals surface area (Å²) in [6.07, 6.45) is 0. The average Bonchev–Trinajstić information content (AvgIpc) is 3.06. The maximum absolute atomic E-state index is 12.0. The van der Waals surface area contributed by atoms with Gasteiger partial charge in [-0.05, 0) is 56.4 Å². The van der Waals surface area contributed by atoms with E-state index in [-0.39, 0.29) is 17.6 Å². The van der Waals surface area contributed by atoms with Gasteiger partial charge >= 0.3 is 5.97 Å². The van der Waals surface area contributed by atoms with Crippen LogP contribution < -0.4 is 5.32 Å². The van der Waals surface area contributed by atoms with E-state index in [0.717, 1.165) is 19.6 Å². The smallest absolute Gasteiger partial charge is 0.338 e. The fourth-order valence-corrected chi connectivity index (χ4v) is 2.33. The minimum Gasteiger partial charge on any atom is -0.461 e. The van der Waals surface area contributed by atoms with Crippen molar-refractivity contribution in [3.63, 3.8) is 0 Å². The molecule has 6 heteroatoms. The topological polar surface area (TPSA) is 71.8 Å². The zero-order valence-electron chi connectivity index (χ0n) is 14.9. The summed E-state index contributed by atoms with van der Waals surface area (Å²) >= 11 is 0. The lowest BCUT2D eigenvalue weighted by molar-refractivity contribution is 0.0466. The number of hydrogen-bond donors (Lipinski definition) is 1. The molecule has 25 heavy (non-hydrogen) atoms. The lowest BCUT2D eigenvalue weighted by atomic mass is 10.2. The molecule has 134 valence electrons. The highest BCUT2D eigenvalue weighted by Gasteiger charge is 2.12. The number of furan rings is 1. The Morgan fingerprint density at radius 3 is 2.32 bits per heavy atom. The van der Waals surface area contributed by atoms with Crippen LogP contribution in [-0.2, 0) is 4.74 Å². The summed E-state index contributed by atoms with van der Waals surface area (Å²) in [5.74, 6) is 0.222. The number of nitrogens with one attached hydrogen (secondary N) is 1. The minimum atomic E-state index is -0.369. The first kappa shape index (κ1) is 18.7. The Kier molecular flexibility index (Phi) is 6.77. The molecule has 0 aliphatic heterocycles. The Morgan fingerprint density at radius 2 is 1.76 bits per heavy atom. The van der Waals surface area contributed by atoms with Gasteiger partial charge in [0.1, 0.15) is 12.4 Å². The van der Waals surface area contributed by atoms with Crippen molar-refractivity contribution in [3.8, 4) is 0 Å². The number of anilines is 1. The van der Waals surface area contributed by atoms with Gasteiger partial charge < -0.3 is 19.4 Å². The molecule has 0 radical (unpaired) electrons. The van der Waals surface area contributed by atoms with E-state index in [1.54, 1.807) is 43.3 Å². The van der Waals surface area contributed by atoms with Crippen molar-refractivity contribution >= 4 is 17.6 Å². The van der Waals surface area contributed by atoms with E-state index in [1.807, 2.05) is 0 Å². The summed E-state index contributed by atoms with van der Waals surface area (Å²) in [7, 11) is 0. The first-order chi connectivity index (χ1) is 12.0. The summed E-state index contributed by atoms with van der Waals surface area (Å²) in [5.41, 5.74) is 1.03. The Morgan fingerprint density at radius 1 is 1.08 bits per heavy atom. The number of likely N-dealkylation sites (N-methyl/N-ethyl adjacent to an activating group) is 1. The van der Waals surface area contributed by atoms with E-state index < -0.39 is 0 Å². The van der Waals surface area contributed by atoms with Crippen LogP contribution in [-0.4, -0.2) is 43.0 Å². The first-order valence-corrected chi connectivity index (χ1v) is 8.40. The molecule has 0 spiro atoms. The summed E-state index contributed by atoms with van der Waals surface area (Å²) in [6.45, 7) is 8.85. The summed E-state index contributed by atoms with van der Waals surface area (Å²) in [5, 5.41) is 2.72. The van der Waals surface area contributed by atoms with Gasteiger partial charge in [0.25, 0.3) is 5.91 Å². The van der Waals surface area contributed by atoms with Gasteiger partial charge in [-0.3, -0.25) is 4.79 Å².